The average Bonchev–Trinajstić information content (AvgIpc) is 3.29. The Balaban J connectivity index is 1.83. The van der Waals surface area contributed by atoms with E-state index in [9.17, 15) is 4.79 Å². The largest absolute Gasteiger partial charge is 0.493 e. The maximum atomic E-state index is 12.0. The predicted octanol–water partition coefficient (Wildman–Crippen LogP) is 1.98. The summed E-state index contributed by atoms with van der Waals surface area (Å²) in [5.41, 5.74) is 0. The number of hydrogen-bond donors (Lipinski definition) is 0. The molecule has 1 saturated carbocycles. The maximum Gasteiger partial charge on any atom is 0.227 e. The first-order chi connectivity index (χ1) is 9.76. The molecule has 0 spiro atoms. The summed E-state index contributed by atoms with van der Waals surface area (Å²) in [6.07, 6.45) is 2.28. The molecule has 1 fully saturated rings. The number of carbonyl (C=O) groups excluding carboxylic acids is 1. The Kier molecular flexibility index (Phi) is 4.83. The third kappa shape index (κ3) is 3.64. The molecular formula is C15H18N2O3. The number of amides is 1. The molecule has 5 nitrogen and oxygen atoms in total. The van der Waals surface area contributed by atoms with E-state index in [-0.39, 0.29) is 31.5 Å². The van der Waals surface area contributed by atoms with Crippen molar-refractivity contribution in [3.63, 3.8) is 0 Å². The van der Waals surface area contributed by atoms with E-state index in [1.807, 2.05) is 24.3 Å². The van der Waals surface area contributed by atoms with Crippen LogP contribution in [0.2, 0.25) is 0 Å². The first-order valence-electron chi connectivity index (χ1n) is 6.68. The van der Waals surface area contributed by atoms with E-state index in [0.717, 1.165) is 12.8 Å². The number of hydrogen-bond acceptors (Lipinski definition) is 4. The van der Waals surface area contributed by atoms with Crippen molar-refractivity contribution < 1.29 is 14.3 Å². The third-order valence-corrected chi connectivity index (χ3v) is 3.19. The van der Waals surface area contributed by atoms with Crippen molar-refractivity contribution >= 4 is 5.91 Å². The molecule has 2 rings (SSSR count). The van der Waals surface area contributed by atoms with Crippen LogP contribution in [0.4, 0.5) is 0 Å². The summed E-state index contributed by atoms with van der Waals surface area (Å²) in [6.45, 7) is 0.450. The normalized spacial score (nSPS) is 13.4. The molecule has 20 heavy (non-hydrogen) atoms. The molecule has 1 aromatic rings. The van der Waals surface area contributed by atoms with E-state index in [1.165, 1.54) is 0 Å². The number of para-hydroxylation sites is 2. The maximum absolute atomic E-state index is 12.0. The van der Waals surface area contributed by atoms with Gasteiger partial charge in [0.15, 0.2) is 11.5 Å². The lowest BCUT2D eigenvalue weighted by Crippen LogP contribution is -2.34. The molecule has 0 bridgehead atoms. The Hall–Kier alpha value is -2.22. The Morgan fingerprint density at radius 2 is 2.10 bits per heavy atom. The van der Waals surface area contributed by atoms with Gasteiger partial charge in [-0.2, -0.15) is 5.26 Å². The van der Waals surface area contributed by atoms with Gasteiger partial charge in [0.05, 0.1) is 26.2 Å². The number of rotatable bonds is 7. The smallest absolute Gasteiger partial charge is 0.227 e. The molecule has 0 unspecified atom stereocenters. The summed E-state index contributed by atoms with van der Waals surface area (Å²) in [4.78, 5) is 13.7. The molecule has 5 heteroatoms. The molecular weight excluding hydrogens is 256 g/mol. The zero-order valence-corrected chi connectivity index (χ0v) is 11.5. The second-order valence-corrected chi connectivity index (χ2v) is 4.66. The molecule has 1 amide bonds. The highest BCUT2D eigenvalue weighted by Crippen LogP contribution is 2.28. The van der Waals surface area contributed by atoms with E-state index in [4.69, 9.17) is 14.7 Å². The zero-order chi connectivity index (χ0) is 14.4. The van der Waals surface area contributed by atoms with Gasteiger partial charge in [0.25, 0.3) is 0 Å². The summed E-state index contributed by atoms with van der Waals surface area (Å²) in [7, 11) is 1.58. The second-order valence-electron chi connectivity index (χ2n) is 4.66. The highest BCUT2D eigenvalue weighted by molar-refractivity contribution is 5.77. The first kappa shape index (κ1) is 14.2. The molecule has 0 N–H and O–H groups in total. The number of nitrogens with zero attached hydrogens (tertiary/aromatic N) is 2. The Morgan fingerprint density at radius 3 is 2.70 bits per heavy atom. The Bertz CT molecular complexity index is 506. The topological polar surface area (TPSA) is 62.6 Å². The molecule has 0 saturated heterocycles. The SMILES string of the molecule is COc1ccccc1OCCC(=O)N(CC#N)C1CC1. The quantitative estimate of drug-likeness (QED) is 0.713. The van der Waals surface area contributed by atoms with Gasteiger partial charge in [0, 0.05) is 6.04 Å². The first-order valence-corrected chi connectivity index (χ1v) is 6.68. The fourth-order valence-corrected chi connectivity index (χ4v) is 2.01. The van der Waals surface area contributed by atoms with Crippen molar-refractivity contribution in [2.75, 3.05) is 20.3 Å². The van der Waals surface area contributed by atoms with Crippen molar-refractivity contribution in [1.29, 1.82) is 5.26 Å². The highest BCUT2D eigenvalue weighted by atomic mass is 16.5. The van der Waals surface area contributed by atoms with Crippen LogP contribution in [0.3, 0.4) is 0 Å². The van der Waals surface area contributed by atoms with Crippen LogP contribution in [0, 0.1) is 11.3 Å². The summed E-state index contributed by atoms with van der Waals surface area (Å²) in [5, 5.41) is 8.74. The molecule has 0 aliphatic heterocycles. The summed E-state index contributed by atoms with van der Waals surface area (Å²) in [5.74, 6) is 1.25. The lowest BCUT2D eigenvalue weighted by atomic mass is 10.3. The van der Waals surface area contributed by atoms with Gasteiger partial charge in [0.1, 0.15) is 6.54 Å². The summed E-state index contributed by atoms with van der Waals surface area (Å²) >= 11 is 0. The molecule has 1 aliphatic carbocycles. The number of methoxy groups -OCH3 is 1. The van der Waals surface area contributed by atoms with Crippen LogP contribution in [0.5, 0.6) is 11.5 Å². The van der Waals surface area contributed by atoms with Gasteiger partial charge >= 0.3 is 0 Å². The molecule has 1 aliphatic rings. The van der Waals surface area contributed by atoms with Gasteiger partial charge in [-0.1, -0.05) is 12.1 Å². The molecule has 1 aromatic carbocycles. The van der Waals surface area contributed by atoms with Crippen molar-refractivity contribution in [2.24, 2.45) is 0 Å². The minimum absolute atomic E-state index is 0.0241. The van der Waals surface area contributed by atoms with Crippen LogP contribution in [0.15, 0.2) is 24.3 Å². The van der Waals surface area contributed by atoms with Crippen molar-refractivity contribution in [2.45, 2.75) is 25.3 Å². The van der Waals surface area contributed by atoms with Crippen molar-refractivity contribution in [1.82, 2.24) is 4.90 Å². The van der Waals surface area contributed by atoms with Gasteiger partial charge in [-0.25, -0.2) is 0 Å². The van der Waals surface area contributed by atoms with Crippen LogP contribution in [0.25, 0.3) is 0 Å². The summed E-state index contributed by atoms with van der Waals surface area (Å²) in [6, 6.07) is 9.62. The van der Waals surface area contributed by atoms with E-state index >= 15 is 0 Å². The van der Waals surface area contributed by atoms with E-state index < -0.39 is 0 Å². The van der Waals surface area contributed by atoms with Crippen molar-refractivity contribution in [3.05, 3.63) is 24.3 Å². The standard InChI is InChI=1S/C15H18N2O3/c1-19-13-4-2-3-5-14(13)20-11-8-15(18)17(10-9-16)12-6-7-12/h2-5,12H,6-8,10-11H2,1H3. The van der Waals surface area contributed by atoms with Crippen molar-refractivity contribution in [3.8, 4) is 17.6 Å². The minimum Gasteiger partial charge on any atom is -0.493 e. The van der Waals surface area contributed by atoms with Crippen LogP contribution in [0.1, 0.15) is 19.3 Å². The third-order valence-electron chi connectivity index (χ3n) is 3.19. The van der Waals surface area contributed by atoms with Gasteiger partial charge < -0.3 is 14.4 Å². The van der Waals surface area contributed by atoms with E-state index in [0.29, 0.717) is 11.5 Å². The minimum atomic E-state index is -0.0241. The van der Waals surface area contributed by atoms with Gasteiger partial charge in [0.2, 0.25) is 5.91 Å². The second kappa shape index (κ2) is 6.80. The molecule has 0 radical (unpaired) electrons. The Labute approximate surface area is 118 Å². The van der Waals surface area contributed by atoms with Crippen LogP contribution >= 0.6 is 0 Å². The van der Waals surface area contributed by atoms with Gasteiger partial charge in [-0.15, -0.1) is 0 Å². The number of ether oxygens (including phenoxy) is 2. The number of benzene rings is 1. The summed E-state index contributed by atoms with van der Waals surface area (Å²) < 4.78 is 10.7. The number of nitriles is 1. The Morgan fingerprint density at radius 1 is 1.40 bits per heavy atom. The predicted molar refractivity (Wildman–Crippen MR) is 73.5 cm³/mol. The van der Waals surface area contributed by atoms with E-state index in [1.54, 1.807) is 18.1 Å². The monoisotopic (exact) mass is 274 g/mol. The van der Waals surface area contributed by atoms with Crippen LogP contribution < -0.4 is 9.47 Å². The number of carbonyl (C=O) groups is 1. The van der Waals surface area contributed by atoms with Crippen LogP contribution in [-0.2, 0) is 4.79 Å². The fraction of sp³-hybridized carbons (Fsp3) is 0.467. The molecule has 0 aromatic heterocycles. The molecule has 0 heterocycles. The average molecular weight is 274 g/mol. The zero-order valence-electron chi connectivity index (χ0n) is 11.5. The highest BCUT2D eigenvalue weighted by Gasteiger charge is 2.31. The molecule has 106 valence electrons. The fourth-order valence-electron chi connectivity index (χ4n) is 2.01. The van der Waals surface area contributed by atoms with Crippen LogP contribution in [-0.4, -0.2) is 37.1 Å². The lowest BCUT2D eigenvalue weighted by molar-refractivity contribution is -0.131. The molecule has 0 atom stereocenters. The van der Waals surface area contributed by atoms with Gasteiger partial charge in [-0.05, 0) is 25.0 Å². The lowest BCUT2D eigenvalue weighted by Gasteiger charge is -2.19. The van der Waals surface area contributed by atoms with E-state index in [2.05, 4.69) is 0 Å². The van der Waals surface area contributed by atoms with Gasteiger partial charge in [-0.3, -0.25) is 4.79 Å².